The van der Waals surface area contributed by atoms with Crippen molar-refractivity contribution in [1.82, 2.24) is 9.97 Å². The largest absolute Gasteiger partial charge is 0.434 e. The van der Waals surface area contributed by atoms with Crippen LogP contribution in [0.5, 0.6) is 0 Å². The van der Waals surface area contributed by atoms with Crippen LogP contribution in [0, 0.1) is 0 Å². The van der Waals surface area contributed by atoms with E-state index in [0.717, 1.165) is 16.8 Å². The van der Waals surface area contributed by atoms with Crippen molar-refractivity contribution in [3.63, 3.8) is 0 Å². The molecule has 2 aromatic heterocycles. The standard InChI is InChI=1S/C21H18N4O2/c1-25(2)17-8-4-5-14(12-17)20(26)23-16-7-3-6-15(11-16)21-24-18-9-10-22-13-19(18)27-21/h3-13H,1-2H3,(H,23,26). The molecule has 0 saturated carbocycles. The lowest BCUT2D eigenvalue weighted by Gasteiger charge is -2.13. The van der Waals surface area contributed by atoms with E-state index < -0.39 is 0 Å². The molecule has 0 spiro atoms. The van der Waals surface area contributed by atoms with E-state index in [0.29, 0.717) is 22.7 Å². The maximum atomic E-state index is 12.6. The van der Waals surface area contributed by atoms with Crippen LogP contribution in [0.25, 0.3) is 22.6 Å². The van der Waals surface area contributed by atoms with Crippen molar-refractivity contribution in [2.75, 3.05) is 24.3 Å². The molecule has 0 atom stereocenters. The number of anilines is 2. The van der Waals surface area contributed by atoms with Crippen LogP contribution in [0.1, 0.15) is 10.4 Å². The van der Waals surface area contributed by atoms with Gasteiger partial charge in [-0.05, 0) is 42.5 Å². The monoisotopic (exact) mass is 358 g/mol. The lowest BCUT2D eigenvalue weighted by atomic mass is 10.1. The van der Waals surface area contributed by atoms with Gasteiger partial charge >= 0.3 is 0 Å². The Hall–Kier alpha value is -3.67. The maximum Gasteiger partial charge on any atom is 0.255 e. The summed E-state index contributed by atoms with van der Waals surface area (Å²) in [4.78, 5) is 23.1. The molecule has 0 bridgehead atoms. The highest BCUT2D eigenvalue weighted by molar-refractivity contribution is 6.05. The lowest BCUT2D eigenvalue weighted by molar-refractivity contribution is 0.102. The molecule has 1 N–H and O–H groups in total. The molecule has 2 heterocycles. The van der Waals surface area contributed by atoms with Crippen LogP contribution in [0.3, 0.4) is 0 Å². The molecule has 0 radical (unpaired) electrons. The van der Waals surface area contributed by atoms with E-state index in [-0.39, 0.29) is 5.91 Å². The van der Waals surface area contributed by atoms with Crippen molar-refractivity contribution < 1.29 is 9.21 Å². The van der Waals surface area contributed by atoms with Crippen LogP contribution < -0.4 is 10.2 Å². The fourth-order valence-corrected chi connectivity index (χ4v) is 2.76. The summed E-state index contributed by atoms with van der Waals surface area (Å²) in [6.07, 6.45) is 3.31. The SMILES string of the molecule is CN(C)c1cccc(C(=O)Nc2cccc(-c3nc4ccncc4o3)c2)c1. The average molecular weight is 358 g/mol. The summed E-state index contributed by atoms with van der Waals surface area (Å²) in [5, 5.41) is 2.93. The molecule has 2 aromatic carbocycles. The molecule has 0 aliphatic rings. The Morgan fingerprint density at radius 3 is 2.74 bits per heavy atom. The number of nitrogens with one attached hydrogen (secondary N) is 1. The van der Waals surface area contributed by atoms with Crippen molar-refractivity contribution in [3.05, 3.63) is 72.6 Å². The Morgan fingerprint density at radius 2 is 1.93 bits per heavy atom. The summed E-state index contributed by atoms with van der Waals surface area (Å²) in [6, 6.07) is 16.7. The summed E-state index contributed by atoms with van der Waals surface area (Å²) in [7, 11) is 3.88. The van der Waals surface area contributed by atoms with Gasteiger partial charge in [0, 0.05) is 42.8 Å². The molecular weight excluding hydrogens is 340 g/mol. The van der Waals surface area contributed by atoms with E-state index in [9.17, 15) is 4.79 Å². The molecule has 0 aliphatic carbocycles. The first-order chi connectivity index (χ1) is 13.1. The highest BCUT2D eigenvalue weighted by Crippen LogP contribution is 2.26. The third kappa shape index (κ3) is 3.50. The minimum absolute atomic E-state index is 0.169. The van der Waals surface area contributed by atoms with Crippen LogP contribution in [-0.2, 0) is 0 Å². The molecule has 6 heteroatoms. The number of carbonyl (C=O) groups is 1. The lowest BCUT2D eigenvalue weighted by Crippen LogP contribution is -2.14. The van der Waals surface area contributed by atoms with Gasteiger partial charge in [0.1, 0.15) is 5.52 Å². The second kappa shape index (κ2) is 6.92. The Morgan fingerprint density at radius 1 is 1.07 bits per heavy atom. The number of rotatable bonds is 4. The molecule has 4 aromatic rings. The zero-order valence-electron chi connectivity index (χ0n) is 15.0. The number of carbonyl (C=O) groups excluding carboxylic acids is 1. The summed E-state index contributed by atoms with van der Waals surface area (Å²) < 4.78 is 5.75. The maximum absolute atomic E-state index is 12.6. The van der Waals surface area contributed by atoms with Gasteiger partial charge in [-0.3, -0.25) is 9.78 Å². The number of hydrogen-bond acceptors (Lipinski definition) is 5. The van der Waals surface area contributed by atoms with E-state index in [1.165, 1.54) is 0 Å². The molecule has 4 rings (SSSR count). The zero-order valence-corrected chi connectivity index (χ0v) is 15.0. The van der Waals surface area contributed by atoms with Crippen molar-refractivity contribution in [2.45, 2.75) is 0 Å². The average Bonchev–Trinajstić information content (AvgIpc) is 3.12. The van der Waals surface area contributed by atoms with E-state index in [2.05, 4.69) is 15.3 Å². The second-order valence-corrected chi connectivity index (χ2v) is 6.34. The third-order valence-electron chi connectivity index (χ3n) is 4.18. The summed E-state index contributed by atoms with van der Waals surface area (Å²) in [5.41, 5.74) is 4.40. The van der Waals surface area contributed by atoms with Crippen LogP contribution >= 0.6 is 0 Å². The zero-order chi connectivity index (χ0) is 18.8. The van der Waals surface area contributed by atoms with Crippen LogP contribution in [-0.4, -0.2) is 30.0 Å². The van der Waals surface area contributed by atoms with Gasteiger partial charge in [-0.25, -0.2) is 4.98 Å². The topological polar surface area (TPSA) is 71.3 Å². The smallest absolute Gasteiger partial charge is 0.255 e. The predicted octanol–water partition coefficient (Wildman–Crippen LogP) is 4.21. The molecule has 6 nitrogen and oxygen atoms in total. The van der Waals surface area contributed by atoms with Crippen LogP contribution in [0.15, 0.2) is 71.4 Å². The Kier molecular flexibility index (Phi) is 4.30. The summed E-state index contributed by atoms with van der Waals surface area (Å²) in [5.74, 6) is 0.321. The van der Waals surface area contributed by atoms with Gasteiger partial charge in [-0.15, -0.1) is 0 Å². The molecular formula is C21H18N4O2. The van der Waals surface area contributed by atoms with Gasteiger partial charge in [-0.2, -0.15) is 0 Å². The number of nitrogens with zero attached hydrogens (tertiary/aromatic N) is 3. The number of fused-ring (bicyclic) bond motifs is 1. The van der Waals surface area contributed by atoms with Gasteiger partial charge in [0.05, 0.1) is 6.20 Å². The molecule has 0 fully saturated rings. The summed E-state index contributed by atoms with van der Waals surface area (Å²) in [6.45, 7) is 0. The summed E-state index contributed by atoms with van der Waals surface area (Å²) >= 11 is 0. The van der Waals surface area contributed by atoms with Gasteiger partial charge in [0.15, 0.2) is 5.58 Å². The first-order valence-electron chi connectivity index (χ1n) is 8.50. The minimum atomic E-state index is -0.169. The number of aromatic nitrogens is 2. The highest BCUT2D eigenvalue weighted by Gasteiger charge is 2.11. The van der Waals surface area contributed by atoms with Gasteiger partial charge in [0.2, 0.25) is 5.89 Å². The van der Waals surface area contributed by atoms with E-state index in [4.69, 9.17) is 4.42 Å². The third-order valence-corrected chi connectivity index (χ3v) is 4.18. The van der Waals surface area contributed by atoms with E-state index in [1.54, 1.807) is 24.5 Å². The molecule has 27 heavy (non-hydrogen) atoms. The van der Waals surface area contributed by atoms with E-state index in [1.807, 2.05) is 61.5 Å². The minimum Gasteiger partial charge on any atom is -0.434 e. The number of hydrogen-bond donors (Lipinski definition) is 1. The predicted molar refractivity (Wildman–Crippen MR) is 106 cm³/mol. The number of amides is 1. The van der Waals surface area contributed by atoms with Gasteiger partial charge < -0.3 is 14.6 Å². The first-order valence-corrected chi connectivity index (χ1v) is 8.50. The van der Waals surface area contributed by atoms with Gasteiger partial charge in [0.25, 0.3) is 5.91 Å². The number of oxazole rings is 1. The van der Waals surface area contributed by atoms with Crippen molar-refractivity contribution >= 4 is 28.4 Å². The van der Waals surface area contributed by atoms with E-state index >= 15 is 0 Å². The quantitative estimate of drug-likeness (QED) is 0.592. The normalized spacial score (nSPS) is 10.7. The van der Waals surface area contributed by atoms with Crippen LogP contribution in [0.4, 0.5) is 11.4 Å². The fourth-order valence-electron chi connectivity index (χ4n) is 2.76. The molecule has 0 aliphatic heterocycles. The molecule has 0 unspecified atom stereocenters. The molecule has 1 amide bonds. The first kappa shape index (κ1) is 16.8. The highest BCUT2D eigenvalue weighted by atomic mass is 16.3. The van der Waals surface area contributed by atoms with Gasteiger partial charge in [-0.1, -0.05) is 12.1 Å². The Bertz CT molecular complexity index is 1080. The number of pyridine rings is 1. The van der Waals surface area contributed by atoms with Crippen LogP contribution in [0.2, 0.25) is 0 Å². The Labute approximate surface area is 156 Å². The number of benzene rings is 2. The Balaban J connectivity index is 1.59. The van der Waals surface area contributed by atoms with Crippen molar-refractivity contribution in [3.8, 4) is 11.5 Å². The molecule has 0 saturated heterocycles. The second-order valence-electron chi connectivity index (χ2n) is 6.34. The molecule has 134 valence electrons. The van der Waals surface area contributed by atoms with Crippen molar-refractivity contribution in [2.24, 2.45) is 0 Å². The fraction of sp³-hybridized carbons (Fsp3) is 0.0952. The van der Waals surface area contributed by atoms with Crippen molar-refractivity contribution in [1.29, 1.82) is 0 Å².